The number of hydrogen-bond donors (Lipinski definition) is 1. The normalized spacial score (nSPS) is 10.6. The molecule has 5 nitrogen and oxygen atoms in total. The van der Waals surface area contributed by atoms with Gasteiger partial charge >= 0.3 is 0 Å². The Balaban J connectivity index is 1.69. The third-order valence-electron chi connectivity index (χ3n) is 3.10. The Bertz CT molecular complexity index is 855. The zero-order valence-corrected chi connectivity index (χ0v) is 14.6. The number of hydrogen-bond acceptors (Lipinski definition) is 4. The largest absolute Gasteiger partial charge is 0.323 e. The maximum Gasteiger partial charge on any atom is 0.234 e. The van der Waals surface area contributed by atoms with Crippen LogP contribution in [0, 0.1) is 0 Å². The second kappa shape index (κ2) is 7.70. The quantitative estimate of drug-likeness (QED) is 0.672. The average molecular weight is 379 g/mol. The van der Waals surface area contributed by atoms with Gasteiger partial charge in [0.25, 0.3) is 0 Å². The van der Waals surface area contributed by atoms with Crippen molar-refractivity contribution in [3.05, 3.63) is 64.9 Å². The lowest BCUT2D eigenvalue weighted by Gasteiger charge is -2.10. The molecule has 0 saturated carbocycles. The number of aromatic nitrogens is 3. The van der Waals surface area contributed by atoms with Crippen LogP contribution in [-0.2, 0) is 4.79 Å². The van der Waals surface area contributed by atoms with Gasteiger partial charge in [-0.15, -0.1) is 16.9 Å². The highest BCUT2D eigenvalue weighted by Crippen LogP contribution is 2.30. The molecule has 0 bridgehead atoms. The number of halogens is 2. The number of rotatable bonds is 5. The predicted molar refractivity (Wildman–Crippen MR) is 97.2 cm³/mol. The van der Waals surface area contributed by atoms with Gasteiger partial charge in [0.05, 0.1) is 34.5 Å². The number of nitrogens with one attached hydrogen (secondary N) is 1. The summed E-state index contributed by atoms with van der Waals surface area (Å²) in [5.74, 6) is 0.0646. The zero-order chi connectivity index (χ0) is 16.9. The van der Waals surface area contributed by atoms with E-state index in [1.165, 1.54) is 11.8 Å². The van der Waals surface area contributed by atoms with E-state index in [0.29, 0.717) is 15.7 Å². The van der Waals surface area contributed by atoms with E-state index in [-0.39, 0.29) is 11.7 Å². The first-order valence-corrected chi connectivity index (χ1v) is 8.71. The van der Waals surface area contributed by atoms with Gasteiger partial charge in [-0.3, -0.25) is 4.79 Å². The number of anilines is 1. The summed E-state index contributed by atoms with van der Waals surface area (Å²) in [6.45, 7) is 0. The van der Waals surface area contributed by atoms with Crippen molar-refractivity contribution >= 4 is 46.6 Å². The molecule has 1 aromatic heterocycles. The van der Waals surface area contributed by atoms with E-state index in [1.54, 1.807) is 35.3 Å². The summed E-state index contributed by atoms with van der Waals surface area (Å²) >= 11 is 13.4. The van der Waals surface area contributed by atoms with Crippen LogP contribution in [0.2, 0.25) is 10.0 Å². The molecule has 122 valence electrons. The monoisotopic (exact) mass is 378 g/mol. The van der Waals surface area contributed by atoms with Crippen LogP contribution in [0.5, 0.6) is 0 Å². The van der Waals surface area contributed by atoms with Gasteiger partial charge in [-0.1, -0.05) is 40.5 Å². The van der Waals surface area contributed by atoms with Crippen LogP contribution < -0.4 is 5.32 Å². The molecule has 0 aliphatic rings. The summed E-state index contributed by atoms with van der Waals surface area (Å²) in [6.07, 6.45) is 3.29. The van der Waals surface area contributed by atoms with Crippen molar-refractivity contribution in [3.8, 4) is 5.69 Å². The molecule has 1 N–H and O–H groups in total. The van der Waals surface area contributed by atoms with E-state index in [1.807, 2.05) is 24.3 Å². The number of thioether (sulfide) groups is 1. The molecule has 0 aliphatic heterocycles. The number of nitrogens with zero attached hydrogens (tertiary/aromatic N) is 3. The summed E-state index contributed by atoms with van der Waals surface area (Å²) in [5, 5.41) is 11.8. The minimum absolute atomic E-state index is 0.149. The molecule has 3 aromatic rings. The topological polar surface area (TPSA) is 59.8 Å². The van der Waals surface area contributed by atoms with E-state index in [0.717, 1.165) is 10.6 Å². The highest BCUT2D eigenvalue weighted by Gasteiger charge is 2.10. The van der Waals surface area contributed by atoms with Gasteiger partial charge in [0.2, 0.25) is 5.91 Å². The maximum atomic E-state index is 12.3. The molecule has 0 aliphatic carbocycles. The smallest absolute Gasteiger partial charge is 0.234 e. The lowest BCUT2D eigenvalue weighted by atomic mass is 10.2. The Labute approximate surface area is 153 Å². The van der Waals surface area contributed by atoms with Crippen LogP contribution in [0.1, 0.15) is 0 Å². The Hall–Kier alpha value is -2.02. The van der Waals surface area contributed by atoms with E-state index in [9.17, 15) is 4.79 Å². The molecule has 3 rings (SSSR count). The van der Waals surface area contributed by atoms with E-state index in [2.05, 4.69) is 15.6 Å². The van der Waals surface area contributed by atoms with E-state index < -0.39 is 0 Å². The highest BCUT2D eigenvalue weighted by atomic mass is 35.5. The van der Waals surface area contributed by atoms with Crippen LogP contribution in [-0.4, -0.2) is 26.7 Å². The third-order valence-corrected chi connectivity index (χ3v) is 4.83. The van der Waals surface area contributed by atoms with Crippen molar-refractivity contribution in [1.82, 2.24) is 15.0 Å². The number of para-hydroxylation sites is 2. The molecule has 1 heterocycles. The molecular formula is C16H12Cl2N4OS. The molecule has 24 heavy (non-hydrogen) atoms. The van der Waals surface area contributed by atoms with E-state index in [4.69, 9.17) is 23.2 Å². The fraction of sp³-hybridized carbons (Fsp3) is 0.0625. The summed E-state index contributed by atoms with van der Waals surface area (Å²) in [5.41, 5.74) is 1.40. The van der Waals surface area contributed by atoms with Crippen molar-refractivity contribution in [1.29, 1.82) is 0 Å². The fourth-order valence-electron chi connectivity index (χ4n) is 2.03. The number of amides is 1. The molecule has 2 aromatic carbocycles. The molecule has 0 radical (unpaired) electrons. The van der Waals surface area contributed by atoms with Gasteiger partial charge in [-0.25, -0.2) is 4.68 Å². The Morgan fingerprint density at radius 3 is 2.83 bits per heavy atom. The Morgan fingerprint density at radius 1 is 1.21 bits per heavy atom. The van der Waals surface area contributed by atoms with Crippen molar-refractivity contribution in [3.63, 3.8) is 0 Å². The molecular weight excluding hydrogens is 367 g/mol. The minimum atomic E-state index is -0.149. The molecule has 0 saturated heterocycles. The van der Waals surface area contributed by atoms with E-state index >= 15 is 0 Å². The van der Waals surface area contributed by atoms with Crippen LogP contribution in [0.25, 0.3) is 5.69 Å². The first-order chi connectivity index (χ1) is 11.6. The van der Waals surface area contributed by atoms with Gasteiger partial charge in [0.15, 0.2) is 0 Å². The highest BCUT2D eigenvalue weighted by molar-refractivity contribution is 8.00. The van der Waals surface area contributed by atoms with Gasteiger partial charge in [0.1, 0.15) is 0 Å². The summed E-state index contributed by atoms with van der Waals surface area (Å²) in [7, 11) is 0. The van der Waals surface area contributed by atoms with Gasteiger partial charge in [-0.05, 0) is 30.3 Å². The number of carbonyl (C=O) groups is 1. The number of benzene rings is 2. The lowest BCUT2D eigenvalue weighted by molar-refractivity contribution is -0.113. The van der Waals surface area contributed by atoms with Crippen molar-refractivity contribution in [2.24, 2.45) is 0 Å². The van der Waals surface area contributed by atoms with Crippen LogP contribution in [0.3, 0.4) is 0 Å². The predicted octanol–water partition coefficient (Wildman–Crippen LogP) is 4.30. The maximum absolute atomic E-state index is 12.3. The second-order valence-corrected chi connectivity index (χ2v) is 6.64. The molecule has 0 fully saturated rings. The SMILES string of the molecule is O=C(CSc1cc(Cl)ccc1Cl)Nc1ccccc1-n1ccnn1. The van der Waals surface area contributed by atoms with Crippen LogP contribution in [0.15, 0.2) is 59.8 Å². The first kappa shape index (κ1) is 16.8. The summed E-state index contributed by atoms with van der Waals surface area (Å²) in [4.78, 5) is 13.0. The summed E-state index contributed by atoms with van der Waals surface area (Å²) in [6, 6.07) is 12.5. The molecule has 0 atom stereocenters. The van der Waals surface area contributed by atoms with Gasteiger partial charge < -0.3 is 5.32 Å². The van der Waals surface area contributed by atoms with Crippen molar-refractivity contribution in [2.75, 3.05) is 11.1 Å². The average Bonchev–Trinajstić information content (AvgIpc) is 3.10. The molecule has 0 spiro atoms. The number of carbonyl (C=O) groups excluding carboxylic acids is 1. The van der Waals surface area contributed by atoms with Gasteiger partial charge in [0, 0.05) is 9.92 Å². The standard InChI is InChI=1S/C16H12Cl2N4OS/c17-11-5-6-12(18)15(9-11)24-10-16(23)20-13-3-1-2-4-14(13)22-8-7-19-21-22/h1-9H,10H2,(H,20,23). The summed E-state index contributed by atoms with van der Waals surface area (Å²) < 4.78 is 1.59. The second-order valence-electron chi connectivity index (χ2n) is 4.78. The Morgan fingerprint density at radius 2 is 2.04 bits per heavy atom. The van der Waals surface area contributed by atoms with Crippen molar-refractivity contribution < 1.29 is 4.79 Å². The van der Waals surface area contributed by atoms with Crippen LogP contribution in [0.4, 0.5) is 5.69 Å². The van der Waals surface area contributed by atoms with Crippen molar-refractivity contribution in [2.45, 2.75) is 4.90 Å². The minimum Gasteiger partial charge on any atom is -0.323 e. The first-order valence-electron chi connectivity index (χ1n) is 6.97. The fourth-order valence-corrected chi connectivity index (χ4v) is 3.33. The lowest BCUT2D eigenvalue weighted by Crippen LogP contribution is -2.16. The Kier molecular flexibility index (Phi) is 5.40. The van der Waals surface area contributed by atoms with Crippen LogP contribution >= 0.6 is 35.0 Å². The third kappa shape index (κ3) is 4.08. The molecule has 1 amide bonds. The molecule has 0 unspecified atom stereocenters. The molecule has 8 heteroatoms. The zero-order valence-electron chi connectivity index (χ0n) is 12.3. The van der Waals surface area contributed by atoms with Gasteiger partial charge in [-0.2, -0.15) is 0 Å².